The predicted octanol–water partition coefficient (Wildman–Crippen LogP) is 2.39. The van der Waals surface area contributed by atoms with E-state index in [-0.39, 0.29) is 43.3 Å². The molecule has 162 valence electrons. The van der Waals surface area contributed by atoms with Gasteiger partial charge in [0.1, 0.15) is 11.4 Å². The number of benzene rings is 1. The lowest BCUT2D eigenvalue weighted by atomic mass is 10.1. The van der Waals surface area contributed by atoms with E-state index in [2.05, 4.69) is 0 Å². The van der Waals surface area contributed by atoms with Crippen LogP contribution in [0.15, 0.2) is 23.1 Å². The summed E-state index contributed by atoms with van der Waals surface area (Å²) in [7, 11) is -3.84. The highest BCUT2D eigenvalue weighted by Crippen LogP contribution is 2.38. The number of sulfonamides is 1. The Morgan fingerprint density at radius 3 is 2.33 bits per heavy atom. The number of nitrogens with zero attached hydrogens (tertiary/aromatic N) is 3. The van der Waals surface area contributed by atoms with Gasteiger partial charge in [0, 0.05) is 43.8 Å². The molecule has 30 heavy (non-hydrogen) atoms. The van der Waals surface area contributed by atoms with Crippen LogP contribution in [0.25, 0.3) is 10.9 Å². The first-order chi connectivity index (χ1) is 14.1. The number of carboxylic acids is 1. The summed E-state index contributed by atoms with van der Waals surface area (Å²) in [6.07, 6.45) is 3.01. The predicted molar refractivity (Wildman–Crippen MR) is 112 cm³/mol. The van der Waals surface area contributed by atoms with E-state index in [4.69, 9.17) is 23.2 Å². The van der Waals surface area contributed by atoms with Gasteiger partial charge in [0.05, 0.1) is 11.2 Å². The average Bonchev–Trinajstić information content (AvgIpc) is 3.53. The molecule has 4 rings (SSSR count). The molecule has 1 aliphatic carbocycles. The fourth-order valence-corrected chi connectivity index (χ4v) is 5.28. The minimum atomic E-state index is -3.84. The lowest BCUT2D eigenvalue weighted by molar-refractivity contribution is 0.0695. The van der Waals surface area contributed by atoms with Crippen molar-refractivity contribution in [3.63, 3.8) is 0 Å². The van der Waals surface area contributed by atoms with Gasteiger partial charge in [0.15, 0.2) is 0 Å². The second kappa shape index (κ2) is 7.67. The van der Waals surface area contributed by atoms with E-state index in [0.717, 1.165) is 23.2 Å². The summed E-state index contributed by atoms with van der Waals surface area (Å²) >= 11 is 11.1. The molecule has 2 fully saturated rings. The van der Waals surface area contributed by atoms with Gasteiger partial charge in [0.25, 0.3) is 0 Å². The Morgan fingerprint density at radius 2 is 1.80 bits per heavy atom. The average molecular weight is 478 g/mol. The number of carbonyl (C=O) groups is 1. The van der Waals surface area contributed by atoms with Crippen molar-refractivity contribution in [1.82, 2.24) is 8.87 Å². The number of fused-ring (bicyclic) bond motifs is 1. The molecular formula is C18H18Cl2FN3O5S. The lowest BCUT2D eigenvalue weighted by Crippen LogP contribution is -2.50. The topological polar surface area (TPSA) is 99.9 Å². The van der Waals surface area contributed by atoms with Gasteiger partial charge in [-0.15, -0.1) is 0 Å². The first-order valence-corrected chi connectivity index (χ1v) is 11.6. The van der Waals surface area contributed by atoms with Gasteiger partial charge < -0.3 is 14.6 Å². The maximum Gasteiger partial charge on any atom is 0.341 e. The molecule has 0 spiro atoms. The van der Waals surface area contributed by atoms with Crippen molar-refractivity contribution in [3.05, 3.63) is 39.9 Å². The number of halogens is 3. The number of pyridine rings is 1. The van der Waals surface area contributed by atoms with Crippen molar-refractivity contribution in [1.29, 1.82) is 0 Å². The normalized spacial score (nSPS) is 18.3. The first-order valence-electron chi connectivity index (χ1n) is 9.25. The molecular weight excluding hydrogens is 460 g/mol. The third-order valence-electron chi connectivity index (χ3n) is 5.44. The number of hydrogen-bond donors (Lipinski definition) is 1. The van der Waals surface area contributed by atoms with Crippen molar-refractivity contribution in [3.8, 4) is 0 Å². The summed E-state index contributed by atoms with van der Waals surface area (Å²) in [5.74, 6) is -2.02. The van der Waals surface area contributed by atoms with Crippen molar-refractivity contribution >= 4 is 55.8 Å². The molecule has 1 saturated carbocycles. The zero-order valence-corrected chi connectivity index (χ0v) is 17.9. The number of aromatic carboxylic acids is 1. The molecule has 1 saturated heterocycles. The van der Waals surface area contributed by atoms with Crippen molar-refractivity contribution in [2.75, 3.05) is 31.1 Å². The summed E-state index contributed by atoms with van der Waals surface area (Å²) < 4.78 is 40.4. The Hall–Kier alpha value is -1.88. The Bertz CT molecular complexity index is 1190. The highest BCUT2D eigenvalue weighted by Gasteiger charge is 2.33. The van der Waals surface area contributed by atoms with Crippen molar-refractivity contribution in [2.45, 2.75) is 23.1 Å². The number of piperazine rings is 1. The molecule has 2 aromatic rings. The fourth-order valence-electron chi connectivity index (χ4n) is 3.70. The van der Waals surface area contributed by atoms with Gasteiger partial charge in [-0.2, -0.15) is 4.31 Å². The molecule has 0 bridgehead atoms. The van der Waals surface area contributed by atoms with Gasteiger partial charge in [-0.1, -0.05) is 23.2 Å². The Labute approximate surface area is 181 Å². The second-order valence-corrected chi connectivity index (χ2v) is 11.0. The minimum Gasteiger partial charge on any atom is -0.477 e. The van der Waals surface area contributed by atoms with E-state index in [0.29, 0.717) is 5.52 Å². The Morgan fingerprint density at radius 1 is 1.17 bits per heavy atom. The van der Waals surface area contributed by atoms with Crippen LogP contribution in [0.1, 0.15) is 29.2 Å². The van der Waals surface area contributed by atoms with Crippen LogP contribution in [0.3, 0.4) is 0 Å². The molecule has 0 unspecified atom stereocenters. The lowest BCUT2D eigenvalue weighted by Gasteiger charge is -2.35. The van der Waals surface area contributed by atoms with E-state index in [9.17, 15) is 27.5 Å². The summed E-state index contributed by atoms with van der Waals surface area (Å²) in [6.45, 7) is 0.596. The summed E-state index contributed by atoms with van der Waals surface area (Å²) in [4.78, 5) is 25.7. The van der Waals surface area contributed by atoms with E-state index < -0.39 is 37.0 Å². The highest BCUT2D eigenvalue weighted by atomic mass is 35.5. The molecule has 0 amide bonds. The third-order valence-corrected chi connectivity index (χ3v) is 8.32. The summed E-state index contributed by atoms with van der Waals surface area (Å²) in [5, 5.41) is 9.33. The number of hydrogen-bond acceptors (Lipinski definition) is 5. The molecule has 1 aromatic carbocycles. The molecule has 2 heterocycles. The largest absolute Gasteiger partial charge is 0.477 e. The minimum absolute atomic E-state index is 0.0105. The van der Waals surface area contributed by atoms with Crippen molar-refractivity contribution < 1.29 is 22.7 Å². The molecule has 0 radical (unpaired) electrons. The zero-order chi connectivity index (χ0) is 21.8. The Balaban J connectivity index is 1.72. The van der Waals surface area contributed by atoms with Crippen LogP contribution >= 0.6 is 23.2 Å². The molecule has 2 aliphatic rings. The molecule has 0 atom stereocenters. The first kappa shape index (κ1) is 21.4. The van der Waals surface area contributed by atoms with Gasteiger partial charge in [-0.05, 0) is 25.0 Å². The van der Waals surface area contributed by atoms with Crippen LogP contribution in [-0.2, 0) is 10.0 Å². The van der Waals surface area contributed by atoms with Gasteiger partial charge in [0.2, 0.25) is 19.6 Å². The number of alkyl halides is 2. The van der Waals surface area contributed by atoms with E-state index in [1.807, 2.05) is 0 Å². The molecule has 1 N–H and O–H groups in total. The number of rotatable bonds is 5. The standard InChI is InChI=1S/C18H18Cl2FN3O5S/c19-18(20)30(28,29)23-5-3-22(4-6-23)15-8-14-11(7-13(15)21)16(25)12(17(26)27)9-24(14)10-1-2-10/h7-10,18H,1-6H2,(H,26,27). The van der Waals surface area contributed by atoms with Crippen LogP contribution in [0, 0.1) is 5.82 Å². The number of aromatic nitrogens is 1. The molecule has 1 aliphatic heterocycles. The second-order valence-electron chi connectivity index (χ2n) is 7.33. The molecule has 12 heteroatoms. The molecule has 8 nitrogen and oxygen atoms in total. The number of anilines is 1. The highest BCUT2D eigenvalue weighted by molar-refractivity contribution is 7.92. The SMILES string of the molecule is O=C(O)c1cn(C2CC2)c2cc(N3CCN(S(=O)(=O)C(Cl)Cl)CC3)c(F)cc2c1=O. The van der Waals surface area contributed by atoms with Crippen LogP contribution in [-0.4, -0.2) is 58.7 Å². The number of carboxylic acid groups (broad SMARTS) is 1. The zero-order valence-electron chi connectivity index (χ0n) is 15.6. The van der Waals surface area contributed by atoms with Crippen LogP contribution < -0.4 is 10.3 Å². The molecule has 1 aromatic heterocycles. The smallest absolute Gasteiger partial charge is 0.341 e. The van der Waals surface area contributed by atoms with Crippen LogP contribution in [0.4, 0.5) is 10.1 Å². The van der Waals surface area contributed by atoms with Crippen molar-refractivity contribution in [2.24, 2.45) is 0 Å². The van der Waals surface area contributed by atoms with Gasteiger partial charge in [-0.25, -0.2) is 17.6 Å². The summed E-state index contributed by atoms with van der Waals surface area (Å²) in [5.41, 5.74) is -0.437. The van der Waals surface area contributed by atoms with E-state index in [1.165, 1.54) is 12.3 Å². The van der Waals surface area contributed by atoms with Crippen LogP contribution in [0.2, 0.25) is 0 Å². The van der Waals surface area contributed by atoms with Gasteiger partial charge >= 0.3 is 5.97 Å². The quantitative estimate of drug-likeness (QED) is 0.663. The van der Waals surface area contributed by atoms with Crippen LogP contribution in [0.5, 0.6) is 0 Å². The maximum atomic E-state index is 14.9. The van der Waals surface area contributed by atoms with E-state index >= 15 is 0 Å². The Kier molecular flexibility index (Phi) is 5.46. The van der Waals surface area contributed by atoms with E-state index in [1.54, 1.807) is 9.47 Å². The fraction of sp³-hybridized carbons (Fsp3) is 0.444. The summed E-state index contributed by atoms with van der Waals surface area (Å²) in [6, 6.07) is 2.66. The third kappa shape index (κ3) is 3.66. The monoisotopic (exact) mass is 477 g/mol. The van der Waals surface area contributed by atoms with Gasteiger partial charge in [-0.3, -0.25) is 4.79 Å². The maximum absolute atomic E-state index is 14.9.